The molecule has 2 aromatic heterocycles. The molecule has 0 N–H and O–H groups in total. The number of aromatic nitrogens is 2. The molecule has 0 unspecified atom stereocenters. The summed E-state index contributed by atoms with van der Waals surface area (Å²) in [6.07, 6.45) is 3.56. The van der Waals surface area contributed by atoms with E-state index in [1.165, 1.54) is 0 Å². The normalized spacial score (nSPS) is 11.3. The predicted molar refractivity (Wildman–Crippen MR) is 62.8 cm³/mol. The zero-order chi connectivity index (χ0) is 10.7. The summed E-state index contributed by atoms with van der Waals surface area (Å²) >= 11 is 1.63. The Morgan fingerprint density at radius 3 is 3.13 bits per heavy atom. The zero-order valence-corrected chi connectivity index (χ0v) is 9.54. The molecule has 0 aliphatic rings. The molecule has 2 aromatic rings. The zero-order valence-electron chi connectivity index (χ0n) is 8.73. The van der Waals surface area contributed by atoms with Crippen molar-refractivity contribution in [2.45, 2.75) is 13.8 Å². The first-order valence-electron chi connectivity index (χ1n) is 4.81. The smallest absolute Gasteiger partial charge is 0.127 e. The molecule has 0 aromatic carbocycles. The van der Waals surface area contributed by atoms with Crippen molar-refractivity contribution in [3.63, 3.8) is 0 Å². The van der Waals surface area contributed by atoms with Gasteiger partial charge in [0.1, 0.15) is 10.7 Å². The first-order valence-corrected chi connectivity index (χ1v) is 5.69. The number of thiophene rings is 1. The molecule has 0 radical (unpaired) electrons. The first kappa shape index (κ1) is 10.1. The van der Waals surface area contributed by atoms with Crippen molar-refractivity contribution in [2.75, 3.05) is 6.61 Å². The molecule has 0 aliphatic heterocycles. The van der Waals surface area contributed by atoms with E-state index in [0.717, 1.165) is 21.7 Å². The van der Waals surface area contributed by atoms with E-state index >= 15 is 0 Å². The van der Waals surface area contributed by atoms with Crippen LogP contribution in [0, 0.1) is 6.92 Å². The number of hydrogen-bond acceptors (Lipinski definition) is 4. The van der Waals surface area contributed by atoms with Crippen LogP contribution in [-0.2, 0) is 4.74 Å². The second kappa shape index (κ2) is 4.40. The Morgan fingerprint density at radius 1 is 1.47 bits per heavy atom. The van der Waals surface area contributed by atoms with Crippen LogP contribution in [0.2, 0.25) is 0 Å². The van der Waals surface area contributed by atoms with Gasteiger partial charge in [0.25, 0.3) is 0 Å². The maximum Gasteiger partial charge on any atom is 0.127 e. The Morgan fingerprint density at radius 2 is 2.33 bits per heavy atom. The van der Waals surface area contributed by atoms with Crippen molar-refractivity contribution in [1.82, 2.24) is 9.97 Å². The fourth-order valence-corrected chi connectivity index (χ4v) is 2.14. The van der Waals surface area contributed by atoms with E-state index in [1.54, 1.807) is 17.6 Å². The topological polar surface area (TPSA) is 35.0 Å². The van der Waals surface area contributed by atoms with E-state index in [9.17, 15) is 0 Å². The number of nitrogens with zero attached hydrogens (tertiary/aromatic N) is 2. The second-order valence-electron chi connectivity index (χ2n) is 3.05. The predicted octanol–water partition coefficient (Wildman–Crippen LogP) is 3.01. The number of rotatable bonds is 3. The molecular formula is C11H12N2OS. The van der Waals surface area contributed by atoms with Crippen LogP contribution in [0.5, 0.6) is 0 Å². The summed E-state index contributed by atoms with van der Waals surface area (Å²) in [4.78, 5) is 9.76. The fraction of sp³-hybridized carbons (Fsp3) is 0.273. The van der Waals surface area contributed by atoms with Crippen LogP contribution in [0.15, 0.2) is 17.7 Å². The molecule has 2 rings (SSSR count). The summed E-state index contributed by atoms with van der Waals surface area (Å²) in [6, 6.07) is 2.03. The monoisotopic (exact) mass is 220 g/mol. The van der Waals surface area contributed by atoms with Crippen molar-refractivity contribution in [2.24, 2.45) is 0 Å². The average Bonchev–Trinajstić information content (AvgIpc) is 2.65. The molecule has 0 amide bonds. The van der Waals surface area contributed by atoms with Crippen molar-refractivity contribution in [3.8, 4) is 0 Å². The van der Waals surface area contributed by atoms with Gasteiger partial charge < -0.3 is 4.74 Å². The summed E-state index contributed by atoms with van der Waals surface area (Å²) in [7, 11) is 0. The quantitative estimate of drug-likeness (QED) is 0.746. The van der Waals surface area contributed by atoms with Gasteiger partial charge in [-0.05, 0) is 31.4 Å². The molecule has 3 nitrogen and oxygen atoms in total. The minimum Gasteiger partial charge on any atom is -0.501 e. The first-order chi connectivity index (χ1) is 7.31. The van der Waals surface area contributed by atoms with E-state index in [0.29, 0.717) is 6.61 Å². The van der Waals surface area contributed by atoms with E-state index in [-0.39, 0.29) is 0 Å². The molecule has 0 spiro atoms. The average molecular weight is 220 g/mol. The van der Waals surface area contributed by atoms with Crippen LogP contribution >= 0.6 is 11.3 Å². The summed E-state index contributed by atoms with van der Waals surface area (Å²) in [5.41, 5.74) is 0.923. The van der Waals surface area contributed by atoms with Gasteiger partial charge in [0.15, 0.2) is 0 Å². The van der Waals surface area contributed by atoms with E-state index in [4.69, 9.17) is 4.74 Å². The number of ether oxygens (including phenoxy) is 1. The molecule has 15 heavy (non-hydrogen) atoms. The Bertz CT molecular complexity index is 490. The lowest BCUT2D eigenvalue weighted by atomic mass is 10.3. The van der Waals surface area contributed by atoms with Crippen LogP contribution in [0.25, 0.3) is 16.3 Å². The molecule has 2 heterocycles. The fourth-order valence-electron chi connectivity index (χ4n) is 1.33. The van der Waals surface area contributed by atoms with E-state index < -0.39 is 0 Å². The maximum atomic E-state index is 5.17. The maximum absolute atomic E-state index is 5.17. The van der Waals surface area contributed by atoms with Gasteiger partial charge >= 0.3 is 0 Å². The standard InChI is InChI=1S/C11H12N2OS/c1-3-14-6-4-10-9-5-7-15-11(9)13-8(2)12-10/h4-7H,3H2,1-2H3/b6-4+. The largest absolute Gasteiger partial charge is 0.501 e. The Labute approximate surface area is 92.4 Å². The summed E-state index contributed by atoms with van der Waals surface area (Å²) in [5.74, 6) is 0.793. The van der Waals surface area contributed by atoms with Crippen LogP contribution in [0.1, 0.15) is 18.4 Å². The Kier molecular flexibility index (Phi) is 2.97. The van der Waals surface area contributed by atoms with E-state index in [2.05, 4.69) is 9.97 Å². The Hall–Kier alpha value is -1.42. The molecule has 0 aliphatic carbocycles. The van der Waals surface area contributed by atoms with Gasteiger partial charge in [-0.2, -0.15) is 0 Å². The molecule has 4 heteroatoms. The highest BCUT2D eigenvalue weighted by Gasteiger charge is 2.03. The molecule has 0 fully saturated rings. The Balaban J connectivity index is 2.44. The summed E-state index contributed by atoms with van der Waals surface area (Å²) in [6.45, 7) is 4.53. The summed E-state index contributed by atoms with van der Waals surface area (Å²) < 4.78 is 5.17. The number of aryl methyl sites for hydroxylation is 1. The van der Waals surface area contributed by atoms with Crippen molar-refractivity contribution in [3.05, 3.63) is 29.2 Å². The van der Waals surface area contributed by atoms with Gasteiger partial charge in [-0.15, -0.1) is 11.3 Å². The third-order valence-electron chi connectivity index (χ3n) is 1.96. The SMILES string of the molecule is CCO/C=C/c1nc(C)nc2sccc12. The lowest BCUT2D eigenvalue weighted by Gasteiger charge is -1.98. The van der Waals surface area contributed by atoms with Gasteiger partial charge in [-0.3, -0.25) is 0 Å². The van der Waals surface area contributed by atoms with Gasteiger partial charge in [0.2, 0.25) is 0 Å². The van der Waals surface area contributed by atoms with Gasteiger partial charge in [0, 0.05) is 5.39 Å². The van der Waals surface area contributed by atoms with Crippen molar-refractivity contribution in [1.29, 1.82) is 0 Å². The minimum absolute atomic E-state index is 0.674. The van der Waals surface area contributed by atoms with Crippen LogP contribution in [0.3, 0.4) is 0 Å². The van der Waals surface area contributed by atoms with Gasteiger partial charge in [-0.25, -0.2) is 9.97 Å². The van der Waals surface area contributed by atoms with Crippen LogP contribution in [-0.4, -0.2) is 16.6 Å². The summed E-state index contributed by atoms with van der Waals surface area (Å²) in [5, 5.41) is 3.11. The number of fused-ring (bicyclic) bond motifs is 1. The molecule has 78 valence electrons. The third-order valence-corrected chi connectivity index (χ3v) is 2.76. The highest BCUT2D eigenvalue weighted by Crippen LogP contribution is 2.22. The molecule has 0 saturated carbocycles. The molecule has 0 saturated heterocycles. The van der Waals surface area contributed by atoms with Crippen molar-refractivity contribution >= 4 is 27.6 Å². The van der Waals surface area contributed by atoms with Crippen molar-refractivity contribution < 1.29 is 4.74 Å². The lowest BCUT2D eigenvalue weighted by molar-refractivity contribution is 0.272. The van der Waals surface area contributed by atoms with Crippen LogP contribution < -0.4 is 0 Å². The lowest BCUT2D eigenvalue weighted by Crippen LogP contribution is -1.90. The highest BCUT2D eigenvalue weighted by molar-refractivity contribution is 7.16. The third kappa shape index (κ3) is 2.15. The minimum atomic E-state index is 0.674. The number of hydrogen-bond donors (Lipinski definition) is 0. The second-order valence-corrected chi connectivity index (χ2v) is 3.95. The van der Waals surface area contributed by atoms with Crippen LogP contribution in [0.4, 0.5) is 0 Å². The molecule has 0 atom stereocenters. The van der Waals surface area contributed by atoms with Gasteiger partial charge in [0.05, 0.1) is 18.6 Å². The molecule has 0 bridgehead atoms. The van der Waals surface area contributed by atoms with E-state index in [1.807, 2.05) is 31.4 Å². The van der Waals surface area contributed by atoms with Gasteiger partial charge in [-0.1, -0.05) is 0 Å². The highest BCUT2D eigenvalue weighted by atomic mass is 32.1. The molecular weight excluding hydrogens is 208 g/mol.